The van der Waals surface area contributed by atoms with E-state index in [1.54, 1.807) is 0 Å². The lowest BCUT2D eigenvalue weighted by molar-refractivity contribution is 0.230. The van der Waals surface area contributed by atoms with E-state index < -0.39 is 0 Å². The average Bonchev–Trinajstić information content (AvgIpc) is 2.19. The molecule has 1 nitrogen and oxygen atoms in total. The third kappa shape index (κ3) is 3.15. The fourth-order valence-electron chi connectivity index (χ4n) is 1.46. The largest absolute Gasteiger partial charge is 0.396 e. The highest BCUT2D eigenvalue weighted by molar-refractivity contribution is 5.29. The Labute approximate surface area is 86.8 Å². The van der Waals surface area contributed by atoms with E-state index in [1.807, 2.05) is 0 Å². The minimum absolute atomic E-state index is 0.296. The Morgan fingerprint density at radius 3 is 2.50 bits per heavy atom. The lowest BCUT2D eigenvalue weighted by Crippen LogP contribution is -2.02. The molecule has 0 heterocycles. The van der Waals surface area contributed by atoms with Gasteiger partial charge in [0, 0.05) is 6.61 Å². The number of aryl methyl sites for hydroxylation is 3. The molecule has 0 radical (unpaired) electrons. The van der Waals surface area contributed by atoms with Crippen LogP contribution in [0.2, 0.25) is 0 Å². The first-order valence-electron chi connectivity index (χ1n) is 5.30. The van der Waals surface area contributed by atoms with E-state index in [4.69, 9.17) is 5.11 Å². The van der Waals surface area contributed by atoms with E-state index in [-0.39, 0.29) is 0 Å². The number of aliphatic hydroxyl groups excluding tert-OH is 1. The second kappa shape index (κ2) is 5.16. The molecule has 0 aliphatic carbocycles. The Morgan fingerprint density at radius 2 is 1.93 bits per heavy atom. The molecule has 78 valence electrons. The van der Waals surface area contributed by atoms with Crippen LogP contribution in [-0.2, 0) is 6.42 Å². The summed E-state index contributed by atoms with van der Waals surface area (Å²) in [6.45, 7) is 6.66. The number of hydrogen-bond acceptors (Lipinski definition) is 1. The summed E-state index contributed by atoms with van der Waals surface area (Å²) in [5.41, 5.74) is 4.09. The van der Waals surface area contributed by atoms with E-state index in [1.165, 1.54) is 16.7 Å². The van der Waals surface area contributed by atoms with Crippen LogP contribution >= 0.6 is 0 Å². The van der Waals surface area contributed by atoms with Crippen LogP contribution in [-0.4, -0.2) is 11.7 Å². The van der Waals surface area contributed by atoms with Crippen LogP contribution in [0.15, 0.2) is 18.2 Å². The van der Waals surface area contributed by atoms with Gasteiger partial charge in [0.25, 0.3) is 0 Å². The maximum absolute atomic E-state index is 8.91. The first-order chi connectivity index (χ1) is 6.63. The number of hydrogen-bond donors (Lipinski definition) is 1. The zero-order valence-corrected chi connectivity index (χ0v) is 9.38. The molecule has 1 N–H and O–H groups in total. The van der Waals surface area contributed by atoms with Crippen molar-refractivity contribution in [3.8, 4) is 0 Å². The molecule has 1 rings (SSSR count). The van der Waals surface area contributed by atoms with Crippen molar-refractivity contribution < 1.29 is 5.11 Å². The summed E-state index contributed by atoms with van der Waals surface area (Å²) in [5, 5.41) is 8.91. The molecule has 0 aliphatic heterocycles. The topological polar surface area (TPSA) is 20.2 Å². The second-order valence-electron chi connectivity index (χ2n) is 4.25. The van der Waals surface area contributed by atoms with Crippen molar-refractivity contribution in [1.29, 1.82) is 0 Å². The third-order valence-electron chi connectivity index (χ3n) is 2.81. The van der Waals surface area contributed by atoms with Crippen molar-refractivity contribution in [1.82, 2.24) is 0 Å². The second-order valence-corrected chi connectivity index (χ2v) is 4.25. The molecule has 0 aromatic heterocycles. The molecule has 0 saturated carbocycles. The first kappa shape index (κ1) is 11.3. The van der Waals surface area contributed by atoms with Gasteiger partial charge < -0.3 is 5.11 Å². The molecule has 14 heavy (non-hydrogen) atoms. The van der Waals surface area contributed by atoms with Gasteiger partial charge in [-0.15, -0.1) is 0 Å². The summed E-state index contributed by atoms with van der Waals surface area (Å²) >= 11 is 0. The Balaban J connectivity index is 2.55. The minimum atomic E-state index is 0.296. The fraction of sp³-hybridized carbons (Fsp3) is 0.538. The molecular weight excluding hydrogens is 172 g/mol. The molecule has 1 atom stereocenters. The normalized spacial score (nSPS) is 12.9. The van der Waals surface area contributed by atoms with Gasteiger partial charge in [-0.1, -0.05) is 25.1 Å². The van der Waals surface area contributed by atoms with Crippen molar-refractivity contribution in [3.05, 3.63) is 34.9 Å². The molecule has 1 aromatic carbocycles. The molecule has 1 heteroatoms. The zero-order valence-electron chi connectivity index (χ0n) is 9.38. The third-order valence-corrected chi connectivity index (χ3v) is 2.81. The highest BCUT2D eigenvalue weighted by Crippen LogP contribution is 2.13. The lowest BCUT2D eigenvalue weighted by Gasteiger charge is -2.08. The van der Waals surface area contributed by atoms with Gasteiger partial charge in [-0.2, -0.15) is 0 Å². The first-order valence-corrected chi connectivity index (χ1v) is 5.30. The summed E-state index contributed by atoms with van der Waals surface area (Å²) in [6, 6.07) is 6.61. The van der Waals surface area contributed by atoms with Gasteiger partial charge in [-0.05, 0) is 49.3 Å². The van der Waals surface area contributed by atoms with Crippen molar-refractivity contribution in [2.45, 2.75) is 33.6 Å². The van der Waals surface area contributed by atoms with Crippen molar-refractivity contribution in [3.63, 3.8) is 0 Å². The molecule has 0 bridgehead atoms. The van der Waals surface area contributed by atoms with Gasteiger partial charge in [-0.25, -0.2) is 0 Å². The molecule has 0 amide bonds. The highest BCUT2D eigenvalue weighted by Gasteiger charge is 2.01. The van der Waals surface area contributed by atoms with Crippen LogP contribution in [0, 0.1) is 19.8 Å². The summed E-state index contributed by atoms with van der Waals surface area (Å²) in [6.07, 6.45) is 2.14. The standard InChI is InChI=1S/C13H20O/c1-10(9-14)4-6-13-7-5-11(2)12(3)8-13/h5,7-8,10,14H,4,6,9H2,1-3H3. The quantitative estimate of drug-likeness (QED) is 0.777. The number of rotatable bonds is 4. The maximum Gasteiger partial charge on any atom is 0.0456 e. The van der Waals surface area contributed by atoms with Crippen LogP contribution in [0.3, 0.4) is 0 Å². The van der Waals surface area contributed by atoms with E-state index in [0.29, 0.717) is 12.5 Å². The smallest absolute Gasteiger partial charge is 0.0456 e. The monoisotopic (exact) mass is 192 g/mol. The van der Waals surface area contributed by atoms with Crippen molar-refractivity contribution in [2.75, 3.05) is 6.61 Å². The number of aliphatic hydroxyl groups is 1. The van der Waals surface area contributed by atoms with Gasteiger partial charge >= 0.3 is 0 Å². The Kier molecular flexibility index (Phi) is 4.15. The summed E-state index contributed by atoms with van der Waals surface area (Å²) in [5.74, 6) is 0.414. The molecule has 1 aromatic rings. The number of benzene rings is 1. The molecular formula is C13H20O. The van der Waals surface area contributed by atoms with Crippen LogP contribution in [0.1, 0.15) is 30.0 Å². The molecule has 0 saturated heterocycles. The lowest BCUT2D eigenvalue weighted by atomic mass is 9.99. The van der Waals surface area contributed by atoms with Crippen molar-refractivity contribution in [2.24, 2.45) is 5.92 Å². The van der Waals surface area contributed by atoms with Gasteiger partial charge in [0.05, 0.1) is 0 Å². The van der Waals surface area contributed by atoms with Crippen LogP contribution < -0.4 is 0 Å². The van der Waals surface area contributed by atoms with E-state index in [9.17, 15) is 0 Å². The minimum Gasteiger partial charge on any atom is -0.396 e. The highest BCUT2D eigenvalue weighted by atomic mass is 16.3. The van der Waals surface area contributed by atoms with Crippen molar-refractivity contribution >= 4 is 0 Å². The van der Waals surface area contributed by atoms with Gasteiger partial charge in [0.2, 0.25) is 0 Å². The summed E-state index contributed by atoms with van der Waals surface area (Å²) in [7, 11) is 0. The van der Waals surface area contributed by atoms with Crippen LogP contribution in [0.4, 0.5) is 0 Å². The molecule has 1 unspecified atom stereocenters. The Hall–Kier alpha value is -0.820. The maximum atomic E-state index is 8.91. The van der Waals surface area contributed by atoms with Gasteiger partial charge in [0.15, 0.2) is 0 Å². The van der Waals surface area contributed by atoms with Gasteiger partial charge in [-0.3, -0.25) is 0 Å². The van der Waals surface area contributed by atoms with E-state index in [0.717, 1.165) is 12.8 Å². The predicted octanol–water partition coefficient (Wildman–Crippen LogP) is 2.86. The SMILES string of the molecule is Cc1ccc(CCC(C)CO)cc1C. The Morgan fingerprint density at radius 1 is 1.21 bits per heavy atom. The molecule has 0 spiro atoms. The average molecular weight is 192 g/mol. The molecule has 0 fully saturated rings. The Bertz CT molecular complexity index is 291. The fourth-order valence-corrected chi connectivity index (χ4v) is 1.46. The van der Waals surface area contributed by atoms with Crippen LogP contribution in [0.25, 0.3) is 0 Å². The molecule has 0 aliphatic rings. The van der Waals surface area contributed by atoms with Crippen LogP contribution in [0.5, 0.6) is 0 Å². The van der Waals surface area contributed by atoms with E-state index in [2.05, 4.69) is 39.0 Å². The van der Waals surface area contributed by atoms with Gasteiger partial charge in [0.1, 0.15) is 0 Å². The summed E-state index contributed by atoms with van der Waals surface area (Å²) in [4.78, 5) is 0. The van der Waals surface area contributed by atoms with E-state index >= 15 is 0 Å². The zero-order chi connectivity index (χ0) is 10.6. The summed E-state index contributed by atoms with van der Waals surface area (Å²) < 4.78 is 0. The predicted molar refractivity (Wildman–Crippen MR) is 60.5 cm³/mol.